The van der Waals surface area contributed by atoms with Crippen LogP contribution in [0.1, 0.15) is 34.4 Å². The standard InChI is InChI=1S/C16H19N3O2S/c1-22-9-7-12(17)15-18-13(10-21-15)16(20)19-8-6-11-4-2-3-5-14(11)19/h2-5,10,12H,6-9,17H2,1H3. The van der Waals surface area contributed by atoms with E-state index in [-0.39, 0.29) is 11.9 Å². The number of oxazole rings is 1. The van der Waals surface area contributed by atoms with Gasteiger partial charge in [-0.05, 0) is 36.5 Å². The van der Waals surface area contributed by atoms with Gasteiger partial charge in [0.25, 0.3) is 5.91 Å². The molecular weight excluding hydrogens is 298 g/mol. The van der Waals surface area contributed by atoms with Gasteiger partial charge in [-0.3, -0.25) is 4.79 Å². The first kappa shape index (κ1) is 15.1. The molecule has 22 heavy (non-hydrogen) atoms. The first-order chi connectivity index (χ1) is 10.7. The van der Waals surface area contributed by atoms with Gasteiger partial charge in [0.05, 0.1) is 6.04 Å². The summed E-state index contributed by atoms with van der Waals surface area (Å²) in [5.41, 5.74) is 8.51. The molecule has 1 amide bonds. The minimum atomic E-state index is -0.264. The van der Waals surface area contributed by atoms with Gasteiger partial charge in [-0.15, -0.1) is 0 Å². The fourth-order valence-electron chi connectivity index (χ4n) is 2.61. The van der Waals surface area contributed by atoms with Crippen LogP contribution in [-0.4, -0.2) is 29.4 Å². The Hall–Kier alpha value is -1.79. The van der Waals surface area contributed by atoms with Crippen LogP contribution in [0.4, 0.5) is 5.69 Å². The number of thioether (sulfide) groups is 1. The summed E-state index contributed by atoms with van der Waals surface area (Å²) in [5.74, 6) is 1.24. The van der Waals surface area contributed by atoms with Gasteiger partial charge in [0, 0.05) is 12.2 Å². The zero-order chi connectivity index (χ0) is 15.5. The predicted octanol–water partition coefficient (Wildman–Crippen LogP) is 2.63. The summed E-state index contributed by atoms with van der Waals surface area (Å²) in [6, 6.07) is 7.68. The lowest BCUT2D eigenvalue weighted by atomic mass is 10.2. The molecule has 1 aliphatic rings. The van der Waals surface area contributed by atoms with E-state index in [1.165, 1.54) is 11.8 Å². The molecule has 2 N–H and O–H groups in total. The number of nitrogens with zero attached hydrogens (tertiary/aromatic N) is 2. The van der Waals surface area contributed by atoms with Crippen LogP contribution in [0.5, 0.6) is 0 Å². The van der Waals surface area contributed by atoms with Gasteiger partial charge in [0.2, 0.25) is 5.89 Å². The van der Waals surface area contributed by atoms with E-state index in [9.17, 15) is 4.79 Å². The number of nitrogens with two attached hydrogens (primary N) is 1. The lowest BCUT2D eigenvalue weighted by Crippen LogP contribution is -2.29. The number of aromatic nitrogens is 1. The van der Waals surface area contributed by atoms with Crippen molar-refractivity contribution in [3.8, 4) is 0 Å². The van der Waals surface area contributed by atoms with Gasteiger partial charge in [-0.2, -0.15) is 11.8 Å². The number of carbonyl (C=O) groups is 1. The normalized spacial score (nSPS) is 14.9. The fourth-order valence-corrected chi connectivity index (χ4v) is 3.10. The third-order valence-electron chi connectivity index (χ3n) is 3.82. The van der Waals surface area contributed by atoms with Crippen molar-refractivity contribution in [1.29, 1.82) is 0 Å². The van der Waals surface area contributed by atoms with Crippen molar-refractivity contribution < 1.29 is 9.21 Å². The number of para-hydroxylation sites is 1. The van der Waals surface area contributed by atoms with Crippen molar-refractivity contribution in [2.45, 2.75) is 18.9 Å². The SMILES string of the molecule is CSCCC(N)c1nc(C(=O)N2CCc3ccccc32)co1. The second-order valence-electron chi connectivity index (χ2n) is 5.29. The lowest BCUT2D eigenvalue weighted by Gasteiger charge is -2.15. The summed E-state index contributed by atoms with van der Waals surface area (Å²) in [6.07, 6.45) is 5.10. The van der Waals surface area contributed by atoms with Gasteiger partial charge >= 0.3 is 0 Å². The highest BCUT2D eigenvalue weighted by atomic mass is 32.2. The molecule has 2 heterocycles. The van der Waals surface area contributed by atoms with E-state index < -0.39 is 0 Å². The molecule has 0 saturated carbocycles. The maximum absolute atomic E-state index is 12.6. The lowest BCUT2D eigenvalue weighted by molar-refractivity contribution is 0.0984. The Bertz CT molecular complexity index is 671. The molecule has 116 valence electrons. The molecule has 1 atom stereocenters. The highest BCUT2D eigenvalue weighted by Gasteiger charge is 2.27. The Kier molecular flexibility index (Phi) is 4.49. The molecule has 6 heteroatoms. The number of anilines is 1. The van der Waals surface area contributed by atoms with Gasteiger partial charge in [-0.25, -0.2) is 4.98 Å². The van der Waals surface area contributed by atoms with Crippen molar-refractivity contribution in [2.24, 2.45) is 5.73 Å². The maximum atomic E-state index is 12.6. The number of rotatable bonds is 5. The van der Waals surface area contributed by atoms with Gasteiger partial charge in [0.1, 0.15) is 6.26 Å². The van der Waals surface area contributed by atoms with E-state index in [2.05, 4.69) is 11.1 Å². The number of hydrogen-bond acceptors (Lipinski definition) is 5. The third-order valence-corrected chi connectivity index (χ3v) is 4.47. The second kappa shape index (κ2) is 6.54. The molecule has 0 fully saturated rings. The van der Waals surface area contributed by atoms with Crippen LogP contribution in [-0.2, 0) is 6.42 Å². The van der Waals surface area contributed by atoms with Crippen molar-refractivity contribution in [2.75, 3.05) is 23.5 Å². The molecule has 3 rings (SSSR count). The number of fused-ring (bicyclic) bond motifs is 1. The quantitative estimate of drug-likeness (QED) is 0.918. The molecule has 0 bridgehead atoms. The fraction of sp³-hybridized carbons (Fsp3) is 0.375. The Labute approximate surface area is 133 Å². The first-order valence-electron chi connectivity index (χ1n) is 7.30. The van der Waals surface area contributed by atoms with E-state index in [1.807, 2.05) is 24.5 Å². The molecule has 1 aromatic heterocycles. The van der Waals surface area contributed by atoms with E-state index in [4.69, 9.17) is 10.2 Å². The van der Waals surface area contributed by atoms with E-state index in [0.29, 0.717) is 18.1 Å². The summed E-state index contributed by atoms with van der Waals surface area (Å²) in [4.78, 5) is 18.7. The third kappa shape index (κ3) is 2.89. The zero-order valence-electron chi connectivity index (χ0n) is 12.5. The first-order valence-corrected chi connectivity index (χ1v) is 8.70. The van der Waals surface area contributed by atoms with Crippen LogP contribution >= 0.6 is 11.8 Å². The van der Waals surface area contributed by atoms with Crippen LogP contribution in [0, 0.1) is 0 Å². The minimum Gasteiger partial charge on any atom is -0.446 e. The molecule has 0 spiro atoms. The van der Waals surface area contributed by atoms with Crippen LogP contribution in [0.25, 0.3) is 0 Å². The Morgan fingerprint density at radius 3 is 3.14 bits per heavy atom. The van der Waals surface area contributed by atoms with Crippen molar-refractivity contribution in [1.82, 2.24) is 4.98 Å². The number of benzene rings is 1. The van der Waals surface area contributed by atoms with Crippen LogP contribution < -0.4 is 10.6 Å². The monoisotopic (exact) mass is 317 g/mol. The summed E-state index contributed by atoms with van der Waals surface area (Å²) in [7, 11) is 0. The van der Waals surface area contributed by atoms with E-state index in [1.54, 1.807) is 16.7 Å². The van der Waals surface area contributed by atoms with Crippen molar-refractivity contribution in [3.63, 3.8) is 0 Å². The molecule has 0 aliphatic carbocycles. The van der Waals surface area contributed by atoms with Crippen LogP contribution in [0.3, 0.4) is 0 Å². The Morgan fingerprint density at radius 2 is 2.32 bits per heavy atom. The maximum Gasteiger partial charge on any atom is 0.280 e. The number of amides is 1. The Morgan fingerprint density at radius 1 is 1.50 bits per heavy atom. The van der Waals surface area contributed by atoms with Crippen molar-refractivity contribution >= 4 is 23.4 Å². The number of hydrogen-bond donors (Lipinski definition) is 1. The molecule has 5 nitrogen and oxygen atoms in total. The summed E-state index contributed by atoms with van der Waals surface area (Å²) < 4.78 is 5.40. The van der Waals surface area contributed by atoms with E-state index >= 15 is 0 Å². The smallest absolute Gasteiger partial charge is 0.280 e. The van der Waals surface area contributed by atoms with Gasteiger partial charge in [-0.1, -0.05) is 18.2 Å². The number of carbonyl (C=O) groups excluding carboxylic acids is 1. The van der Waals surface area contributed by atoms with E-state index in [0.717, 1.165) is 24.3 Å². The highest BCUT2D eigenvalue weighted by Crippen LogP contribution is 2.29. The summed E-state index contributed by atoms with van der Waals surface area (Å²) in [6.45, 7) is 0.679. The average molecular weight is 317 g/mol. The van der Waals surface area contributed by atoms with Crippen LogP contribution in [0.2, 0.25) is 0 Å². The average Bonchev–Trinajstić information content (AvgIpc) is 3.19. The second-order valence-corrected chi connectivity index (χ2v) is 6.28. The van der Waals surface area contributed by atoms with Gasteiger partial charge < -0.3 is 15.1 Å². The predicted molar refractivity (Wildman–Crippen MR) is 88.3 cm³/mol. The topological polar surface area (TPSA) is 72.4 Å². The molecule has 2 aromatic rings. The molecule has 1 unspecified atom stereocenters. The minimum absolute atomic E-state index is 0.128. The highest BCUT2D eigenvalue weighted by molar-refractivity contribution is 7.98. The molecule has 0 saturated heterocycles. The summed E-state index contributed by atoms with van der Waals surface area (Å²) in [5, 5.41) is 0. The molecule has 0 radical (unpaired) electrons. The molecular formula is C16H19N3O2S. The van der Waals surface area contributed by atoms with Crippen LogP contribution in [0.15, 0.2) is 34.9 Å². The van der Waals surface area contributed by atoms with Crippen molar-refractivity contribution in [3.05, 3.63) is 47.7 Å². The summed E-state index contributed by atoms with van der Waals surface area (Å²) >= 11 is 1.73. The largest absolute Gasteiger partial charge is 0.446 e. The Balaban J connectivity index is 1.75. The zero-order valence-corrected chi connectivity index (χ0v) is 13.3. The molecule has 1 aromatic carbocycles. The molecule has 1 aliphatic heterocycles. The van der Waals surface area contributed by atoms with Gasteiger partial charge in [0.15, 0.2) is 5.69 Å².